The fourth-order valence-electron chi connectivity index (χ4n) is 0.847. The third-order valence-corrected chi connectivity index (χ3v) is 1.28. The summed E-state index contributed by atoms with van der Waals surface area (Å²) in [6, 6.07) is -0.153. The summed E-state index contributed by atoms with van der Waals surface area (Å²) < 4.78 is 0. The van der Waals surface area contributed by atoms with Crippen LogP contribution in [0.5, 0.6) is 0 Å². The second-order valence-corrected chi connectivity index (χ2v) is 3.70. The molecule has 0 saturated heterocycles. The van der Waals surface area contributed by atoms with E-state index in [4.69, 9.17) is 0 Å². The number of carbonyl (C=O) groups is 2. The third-order valence-electron chi connectivity index (χ3n) is 1.28. The Hall–Kier alpha value is -1.26. The van der Waals surface area contributed by atoms with Gasteiger partial charge in [0.2, 0.25) is 5.91 Å². The molecule has 0 spiro atoms. The Labute approximate surface area is 84.6 Å². The van der Waals surface area contributed by atoms with Crippen molar-refractivity contribution in [3.63, 3.8) is 0 Å². The summed E-state index contributed by atoms with van der Waals surface area (Å²) in [5.41, 5.74) is 0. The minimum Gasteiger partial charge on any atom is -0.352 e. The predicted molar refractivity (Wildman–Crippen MR) is 54.9 cm³/mol. The molecule has 3 N–H and O–H groups in total. The number of hydrogen-bond donors (Lipinski definition) is 3. The second-order valence-electron chi connectivity index (χ2n) is 3.70. The van der Waals surface area contributed by atoms with Gasteiger partial charge in [-0.1, -0.05) is 0 Å². The summed E-state index contributed by atoms with van der Waals surface area (Å²) in [5, 5.41) is 7.75. The maximum atomic E-state index is 11.1. The standard InChI is InChI=1S/C9H19N3O2/c1-6(2)11-8(13)5-10-9(14)12-7(3)4/h6-7H,5H2,1-4H3,(H,11,13)(H2,10,12,14). The molecule has 0 heterocycles. The van der Waals surface area contributed by atoms with E-state index >= 15 is 0 Å². The Morgan fingerprint density at radius 1 is 1.00 bits per heavy atom. The van der Waals surface area contributed by atoms with Gasteiger partial charge in [0.15, 0.2) is 0 Å². The SMILES string of the molecule is CC(C)NC(=O)CNC(=O)NC(C)C. The van der Waals surface area contributed by atoms with E-state index in [1.807, 2.05) is 27.7 Å². The van der Waals surface area contributed by atoms with Gasteiger partial charge in [-0.05, 0) is 27.7 Å². The zero-order chi connectivity index (χ0) is 11.1. The summed E-state index contributed by atoms with van der Waals surface area (Å²) in [4.78, 5) is 22.1. The van der Waals surface area contributed by atoms with Crippen LogP contribution < -0.4 is 16.0 Å². The van der Waals surface area contributed by atoms with E-state index in [1.54, 1.807) is 0 Å². The van der Waals surface area contributed by atoms with Crippen LogP contribution in [0.3, 0.4) is 0 Å². The van der Waals surface area contributed by atoms with E-state index in [0.29, 0.717) is 0 Å². The molecule has 0 bridgehead atoms. The highest BCUT2D eigenvalue weighted by atomic mass is 16.2. The van der Waals surface area contributed by atoms with Crippen molar-refractivity contribution in [1.82, 2.24) is 16.0 Å². The van der Waals surface area contributed by atoms with E-state index < -0.39 is 0 Å². The maximum absolute atomic E-state index is 11.1. The monoisotopic (exact) mass is 201 g/mol. The Kier molecular flexibility index (Phi) is 5.67. The average molecular weight is 201 g/mol. The van der Waals surface area contributed by atoms with Crippen LogP contribution in [-0.2, 0) is 4.79 Å². The number of amides is 3. The van der Waals surface area contributed by atoms with Crippen molar-refractivity contribution in [1.29, 1.82) is 0 Å². The molecule has 5 nitrogen and oxygen atoms in total. The van der Waals surface area contributed by atoms with Crippen molar-refractivity contribution >= 4 is 11.9 Å². The van der Waals surface area contributed by atoms with Gasteiger partial charge in [0.1, 0.15) is 0 Å². The first-order chi connectivity index (χ1) is 6.41. The fraction of sp³-hybridized carbons (Fsp3) is 0.778. The van der Waals surface area contributed by atoms with Crippen molar-refractivity contribution in [2.75, 3.05) is 6.54 Å². The van der Waals surface area contributed by atoms with Gasteiger partial charge in [0.25, 0.3) is 0 Å². The van der Waals surface area contributed by atoms with Gasteiger partial charge in [0.05, 0.1) is 6.54 Å². The molecule has 0 radical (unpaired) electrons. The van der Waals surface area contributed by atoms with Gasteiger partial charge in [-0.15, -0.1) is 0 Å². The van der Waals surface area contributed by atoms with Crippen molar-refractivity contribution in [3.05, 3.63) is 0 Å². The minimum absolute atomic E-state index is 0.0106. The Morgan fingerprint density at radius 3 is 1.93 bits per heavy atom. The zero-order valence-electron chi connectivity index (χ0n) is 9.18. The molecule has 0 aromatic rings. The van der Waals surface area contributed by atoms with Gasteiger partial charge in [-0.25, -0.2) is 4.79 Å². The Morgan fingerprint density at radius 2 is 1.50 bits per heavy atom. The molecule has 0 aliphatic rings. The van der Waals surface area contributed by atoms with Crippen LogP contribution in [0.4, 0.5) is 4.79 Å². The summed E-state index contributed by atoms with van der Waals surface area (Å²) >= 11 is 0. The first-order valence-electron chi connectivity index (χ1n) is 4.75. The lowest BCUT2D eigenvalue weighted by atomic mass is 10.4. The summed E-state index contributed by atoms with van der Waals surface area (Å²) in [6.45, 7) is 7.45. The highest BCUT2D eigenvalue weighted by Crippen LogP contribution is 1.78. The molecule has 3 amide bonds. The highest BCUT2D eigenvalue weighted by Gasteiger charge is 2.06. The lowest BCUT2D eigenvalue weighted by Crippen LogP contribution is -2.45. The normalized spacial score (nSPS) is 10.1. The number of rotatable bonds is 4. The van der Waals surface area contributed by atoms with Crippen molar-refractivity contribution in [3.8, 4) is 0 Å². The van der Waals surface area contributed by atoms with Crippen LogP contribution in [0.1, 0.15) is 27.7 Å². The molecule has 0 saturated carbocycles. The lowest BCUT2D eigenvalue weighted by Gasteiger charge is -2.11. The number of urea groups is 1. The predicted octanol–water partition coefficient (Wildman–Crippen LogP) is 0.219. The molecule has 0 aliphatic heterocycles. The molecule has 0 aliphatic carbocycles. The summed E-state index contributed by atoms with van der Waals surface area (Å²) in [6.07, 6.45) is 0. The van der Waals surface area contributed by atoms with Gasteiger partial charge in [0, 0.05) is 12.1 Å². The van der Waals surface area contributed by atoms with Crippen molar-refractivity contribution in [2.45, 2.75) is 39.8 Å². The number of carbonyl (C=O) groups excluding carboxylic acids is 2. The Bertz CT molecular complexity index is 180. The second kappa shape index (κ2) is 6.23. The smallest absolute Gasteiger partial charge is 0.315 e. The molecule has 5 heteroatoms. The third kappa shape index (κ3) is 7.39. The molecule has 0 atom stereocenters. The summed E-state index contributed by atoms with van der Waals surface area (Å²) in [5.74, 6) is -0.182. The zero-order valence-corrected chi connectivity index (χ0v) is 9.18. The van der Waals surface area contributed by atoms with Crippen LogP contribution in [-0.4, -0.2) is 30.6 Å². The topological polar surface area (TPSA) is 70.2 Å². The first kappa shape index (κ1) is 12.7. The van der Waals surface area contributed by atoms with E-state index in [2.05, 4.69) is 16.0 Å². The highest BCUT2D eigenvalue weighted by molar-refractivity contribution is 5.84. The summed E-state index contributed by atoms with van der Waals surface area (Å²) in [7, 11) is 0. The van der Waals surface area contributed by atoms with Gasteiger partial charge in [-0.2, -0.15) is 0 Å². The largest absolute Gasteiger partial charge is 0.352 e. The van der Waals surface area contributed by atoms with Crippen LogP contribution in [0.2, 0.25) is 0 Å². The van der Waals surface area contributed by atoms with E-state index in [0.717, 1.165) is 0 Å². The minimum atomic E-state index is -0.320. The average Bonchev–Trinajstić information content (AvgIpc) is 1.98. The van der Waals surface area contributed by atoms with Crippen molar-refractivity contribution < 1.29 is 9.59 Å². The van der Waals surface area contributed by atoms with Gasteiger partial charge >= 0.3 is 6.03 Å². The van der Waals surface area contributed by atoms with E-state index in [1.165, 1.54) is 0 Å². The maximum Gasteiger partial charge on any atom is 0.315 e. The van der Waals surface area contributed by atoms with E-state index in [9.17, 15) is 9.59 Å². The molecule has 0 aromatic carbocycles. The van der Waals surface area contributed by atoms with Crippen molar-refractivity contribution in [2.24, 2.45) is 0 Å². The molecular formula is C9H19N3O2. The number of hydrogen-bond acceptors (Lipinski definition) is 2. The molecule has 82 valence electrons. The van der Waals surface area contributed by atoms with Gasteiger partial charge < -0.3 is 16.0 Å². The lowest BCUT2D eigenvalue weighted by molar-refractivity contribution is -0.120. The molecular weight excluding hydrogens is 182 g/mol. The van der Waals surface area contributed by atoms with Crippen LogP contribution in [0.15, 0.2) is 0 Å². The Balaban J connectivity index is 3.61. The van der Waals surface area contributed by atoms with Crippen LogP contribution in [0.25, 0.3) is 0 Å². The quantitative estimate of drug-likeness (QED) is 0.609. The fourth-order valence-corrected chi connectivity index (χ4v) is 0.847. The molecule has 0 aromatic heterocycles. The molecule has 0 rings (SSSR count). The van der Waals surface area contributed by atoms with Crippen LogP contribution >= 0.6 is 0 Å². The van der Waals surface area contributed by atoms with Gasteiger partial charge in [-0.3, -0.25) is 4.79 Å². The molecule has 14 heavy (non-hydrogen) atoms. The molecule has 0 unspecified atom stereocenters. The van der Waals surface area contributed by atoms with Crippen LogP contribution in [0, 0.1) is 0 Å². The van der Waals surface area contributed by atoms with E-state index in [-0.39, 0.29) is 30.6 Å². The first-order valence-corrected chi connectivity index (χ1v) is 4.75. The number of nitrogens with one attached hydrogen (secondary N) is 3. The molecule has 0 fully saturated rings.